The van der Waals surface area contributed by atoms with Gasteiger partial charge in [-0.3, -0.25) is 0 Å². The Kier molecular flexibility index (Phi) is 9.97. The van der Waals surface area contributed by atoms with E-state index in [1.165, 1.54) is 32.1 Å². The number of nitrogens with zero attached hydrogens (tertiary/aromatic N) is 1. The van der Waals surface area contributed by atoms with Crippen molar-refractivity contribution in [3.8, 4) is 0 Å². The molecule has 118 valence electrons. The van der Waals surface area contributed by atoms with Crippen molar-refractivity contribution in [1.29, 1.82) is 0 Å². The van der Waals surface area contributed by atoms with Crippen LogP contribution in [0.5, 0.6) is 0 Å². The second kappa shape index (κ2) is 11.3. The number of hydrogen-bond donors (Lipinski definition) is 1. The molecule has 0 spiro atoms. The highest BCUT2D eigenvalue weighted by Gasteiger charge is 2.17. The smallest absolute Gasteiger partial charge is 0.169 e. The van der Waals surface area contributed by atoms with Crippen molar-refractivity contribution in [2.45, 2.75) is 52.0 Å². The quantitative estimate of drug-likeness (QED) is 0.523. The first-order chi connectivity index (χ1) is 9.77. The molecule has 0 unspecified atom stereocenters. The molecular weight excluding hydrogens is 272 g/mol. The molecule has 0 aromatic rings. The fourth-order valence-corrected chi connectivity index (χ4v) is 2.82. The highest BCUT2D eigenvalue weighted by molar-refractivity contribution is 7.80. The third kappa shape index (κ3) is 7.41. The lowest BCUT2D eigenvalue weighted by atomic mass is 9.96. The largest absolute Gasteiger partial charge is 0.380 e. The number of nitrogens with one attached hydrogen (secondary N) is 1. The maximum atomic E-state index is 5.56. The molecule has 0 radical (unpaired) electrons. The van der Waals surface area contributed by atoms with E-state index in [9.17, 15) is 0 Å². The fourth-order valence-electron chi connectivity index (χ4n) is 2.47. The first kappa shape index (κ1) is 17.7. The molecule has 4 nitrogen and oxygen atoms in total. The Labute approximate surface area is 129 Å². The van der Waals surface area contributed by atoms with E-state index < -0.39 is 0 Å². The minimum Gasteiger partial charge on any atom is -0.380 e. The Morgan fingerprint density at radius 1 is 1.05 bits per heavy atom. The molecule has 1 N–H and O–H groups in total. The van der Waals surface area contributed by atoms with Crippen LogP contribution in [0.15, 0.2) is 0 Å². The van der Waals surface area contributed by atoms with E-state index >= 15 is 0 Å². The molecule has 0 aromatic heterocycles. The van der Waals surface area contributed by atoms with Gasteiger partial charge in [0.25, 0.3) is 0 Å². The van der Waals surface area contributed by atoms with Crippen LogP contribution in [-0.4, -0.2) is 55.6 Å². The summed E-state index contributed by atoms with van der Waals surface area (Å²) < 4.78 is 10.9. The third-order valence-corrected chi connectivity index (χ3v) is 4.02. The summed E-state index contributed by atoms with van der Waals surface area (Å²) in [6.45, 7) is 8.64. The first-order valence-corrected chi connectivity index (χ1v) is 8.39. The molecule has 1 rings (SSSR count). The van der Waals surface area contributed by atoms with Gasteiger partial charge in [-0.25, -0.2) is 0 Å². The van der Waals surface area contributed by atoms with Crippen LogP contribution < -0.4 is 5.32 Å². The highest BCUT2D eigenvalue weighted by Crippen LogP contribution is 2.17. The van der Waals surface area contributed by atoms with Crippen LogP contribution in [-0.2, 0) is 9.47 Å². The van der Waals surface area contributed by atoms with Crippen LogP contribution >= 0.6 is 12.2 Å². The van der Waals surface area contributed by atoms with Crippen LogP contribution in [0.4, 0.5) is 0 Å². The normalized spacial score (nSPS) is 16.1. The van der Waals surface area contributed by atoms with Crippen molar-refractivity contribution >= 4 is 17.3 Å². The average molecular weight is 302 g/mol. The lowest BCUT2D eigenvalue weighted by Gasteiger charge is -2.30. The van der Waals surface area contributed by atoms with Crippen molar-refractivity contribution in [1.82, 2.24) is 10.2 Å². The summed E-state index contributed by atoms with van der Waals surface area (Å²) in [6, 6.07) is 0.554. The van der Waals surface area contributed by atoms with Crippen LogP contribution in [0.3, 0.4) is 0 Å². The third-order valence-electron chi connectivity index (χ3n) is 3.64. The zero-order chi connectivity index (χ0) is 14.6. The fraction of sp³-hybridized carbons (Fsp3) is 0.933. The highest BCUT2D eigenvalue weighted by atomic mass is 32.1. The van der Waals surface area contributed by atoms with Gasteiger partial charge in [0.1, 0.15) is 0 Å². The van der Waals surface area contributed by atoms with Crippen LogP contribution in [0.25, 0.3) is 0 Å². The number of thiocarbonyl (C=S) groups is 1. The molecule has 0 bridgehead atoms. The molecule has 5 heteroatoms. The molecule has 0 atom stereocenters. The van der Waals surface area contributed by atoms with Crippen LogP contribution in [0, 0.1) is 0 Å². The maximum absolute atomic E-state index is 5.56. The van der Waals surface area contributed by atoms with E-state index in [4.69, 9.17) is 21.7 Å². The zero-order valence-corrected chi connectivity index (χ0v) is 13.8. The van der Waals surface area contributed by atoms with Gasteiger partial charge >= 0.3 is 0 Å². The molecular formula is C15H30N2O2S. The minimum atomic E-state index is 0.554. The van der Waals surface area contributed by atoms with Gasteiger partial charge in [-0.1, -0.05) is 19.3 Å². The predicted octanol–water partition coefficient (Wildman–Crippen LogP) is 2.57. The van der Waals surface area contributed by atoms with Gasteiger partial charge in [0.2, 0.25) is 0 Å². The van der Waals surface area contributed by atoms with Gasteiger partial charge in [-0.15, -0.1) is 0 Å². The van der Waals surface area contributed by atoms with Gasteiger partial charge in [0.15, 0.2) is 5.11 Å². The summed E-state index contributed by atoms with van der Waals surface area (Å²) in [5, 5.41) is 4.38. The molecule has 1 aliphatic rings. The Hall–Kier alpha value is -0.390. The molecule has 0 aliphatic heterocycles. The molecule has 0 aromatic carbocycles. The summed E-state index contributed by atoms with van der Waals surface area (Å²) in [4.78, 5) is 2.18. The predicted molar refractivity (Wildman–Crippen MR) is 87.2 cm³/mol. The van der Waals surface area contributed by atoms with Crippen molar-refractivity contribution < 1.29 is 9.47 Å². The van der Waals surface area contributed by atoms with Crippen molar-refractivity contribution in [3.05, 3.63) is 0 Å². The van der Waals surface area contributed by atoms with Crippen molar-refractivity contribution in [2.24, 2.45) is 0 Å². The maximum Gasteiger partial charge on any atom is 0.169 e. The Balaban J connectivity index is 2.35. The Morgan fingerprint density at radius 2 is 1.60 bits per heavy atom. The van der Waals surface area contributed by atoms with Crippen LogP contribution in [0.1, 0.15) is 46.0 Å². The summed E-state index contributed by atoms with van der Waals surface area (Å²) >= 11 is 5.56. The van der Waals surface area contributed by atoms with Crippen molar-refractivity contribution in [2.75, 3.05) is 39.5 Å². The molecule has 1 fully saturated rings. The topological polar surface area (TPSA) is 33.7 Å². The van der Waals surface area contributed by atoms with Gasteiger partial charge in [-0.05, 0) is 38.9 Å². The number of rotatable bonds is 9. The number of hydrogen-bond acceptors (Lipinski definition) is 3. The second-order valence-corrected chi connectivity index (χ2v) is 5.55. The Morgan fingerprint density at radius 3 is 2.10 bits per heavy atom. The molecule has 0 heterocycles. The second-order valence-electron chi connectivity index (χ2n) is 5.17. The lowest BCUT2D eigenvalue weighted by Crippen LogP contribution is -2.47. The van der Waals surface area contributed by atoms with E-state index in [0.29, 0.717) is 6.04 Å². The van der Waals surface area contributed by atoms with Gasteiger partial charge in [-0.2, -0.15) is 0 Å². The van der Waals surface area contributed by atoms with E-state index in [2.05, 4.69) is 10.2 Å². The molecule has 0 amide bonds. The van der Waals surface area contributed by atoms with Gasteiger partial charge in [0.05, 0.1) is 13.2 Å². The van der Waals surface area contributed by atoms with E-state index in [1.807, 2.05) is 13.8 Å². The monoisotopic (exact) mass is 302 g/mol. The summed E-state index contributed by atoms with van der Waals surface area (Å²) in [5.74, 6) is 0. The number of ether oxygens (including phenoxy) is 2. The summed E-state index contributed by atoms with van der Waals surface area (Å²) in [7, 11) is 0. The van der Waals surface area contributed by atoms with Gasteiger partial charge < -0.3 is 19.7 Å². The average Bonchev–Trinajstić information content (AvgIpc) is 2.47. The Bertz CT molecular complexity index is 248. The standard InChI is InChI=1S/C15H30N2O2S/c1-3-18-12-10-17(11-13-19-4-2)15(20)16-14-8-6-5-7-9-14/h14H,3-13H2,1-2H3,(H,16,20). The van der Waals surface area contributed by atoms with E-state index in [0.717, 1.165) is 44.6 Å². The van der Waals surface area contributed by atoms with Crippen LogP contribution in [0.2, 0.25) is 0 Å². The minimum absolute atomic E-state index is 0.554. The van der Waals surface area contributed by atoms with E-state index in [1.54, 1.807) is 0 Å². The summed E-state index contributed by atoms with van der Waals surface area (Å²) in [6.07, 6.45) is 6.48. The lowest BCUT2D eigenvalue weighted by molar-refractivity contribution is 0.106. The molecule has 20 heavy (non-hydrogen) atoms. The van der Waals surface area contributed by atoms with Gasteiger partial charge in [0, 0.05) is 32.3 Å². The van der Waals surface area contributed by atoms with E-state index in [-0.39, 0.29) is 0 Å². The zero-order valence-electron chi connectivity index (χ0n) is 13.0. The SMILES string of the molecule is CCOCCN(CCOCC)C(=S)NC1CCCCC1. The van der Waals surface area contributed by atoms with Crippen molar-refractivity contribution in [3.63, 3.8) is 0 Å². The molecule has 1 aliphatic carbocycles. The summed E-state index contributed by atoms with van der Waals surface area (Å²) in [5.41, 5.74) is 0. The molecule has 0 saturated heterocycles. The first-order valence-electron chi connectivity index (χ1n) is 7.98. The molecule has 1 saturated carbocycles.